The highest BCUT2D eigenvalue weighted by molar-refractivity contribution is 5.52. The molecule has 0 unspecified atom stereocenters. The van der Waals surface area contributed by atoms with Gasteiger partial charge in [0.1, 0.15) is 5.75 Å². The molecule has 0 saturated heterocycles. The number of nitrogens with one attached hydrogen (secondary N) is 1. The molecule has 0 fully saturated rings. The Kier molecular flexibility index (Phi) is 5.99. The second-order valence-electron chi connectivity index (χ2n) is 5.85. The first-order valence-electron chi connectivity index (χ1n) is 8.04. The first-order chi connectivity index (χ1) is 11.1. The molecule has 0 amide bonds. The molecule has 1 aromatic rings. The van der Waals surface area contributed by atoms with Gasteiger partial charge in [0.25, 0.3) is 0 Å². The van der Waals surface area contributed by atoms with Crippen LogP contribution >= 0.6 is 0 Å². The van der Waals surface area contributed by atoms with E-state index in [2.05, 4.69) is 23.8 Å². The SMILES string of the molecule is C=C(C)/C=C/N[C@@H](CC)[C@H](O)C1=c2cc(OC)ccc2=NCC1. The summed E-state index contributed by atoms with van der Waals surface area (Å²) in [6.45, 7) is 8.56. The van der Waals surface area contributed by atoms with Crippen LogP contribution < -0.4 is 20.6 Å². The van der Waals surface area contributed by atoms with Gasteiger partial charge in [-0.2, -0.15) is 0 Å². The lowest BCUT2D eigenvalue weighted by Gasteiger charge is -2.26. The predicted molar refractivity (Wildman–Crippen MR) is 93.8 cm³/mol. The highest BCUT2D eigenvalue weighted by Crippen LogP contribution is 2.16. The van der Waals surface area contributed by atoms with Gasteiger partial charge in [0.15, 0.2) is 0 Å². The smallest absolute Gasteiger partial charge is 0.119 e. The van der Waals surface area contributed by atoms with Crippen molar-refractivity contribution in [2.45, 2.75) is 38.8 Å². The van der Waals surface area contributed by atoms with Gasteiger partial charge in [0.2, 0.25) is 0 Å². The maximum absolute atomic E-state index is 10.9. The fraction of sp³-hybridized carbons (Fsp3) is 0.421. The summed E-state index contributed by atoms with van der Waals surface area (Å²) < 4.78 is 5.31. The molecule has 0 spiro atoms. The lowest BCUT2D eigenvalue weighted by atomic mass is 9.94. The molecule has 2 atom stereocenters. The minimum atomic E-state index is -0.559. The standard InChI is InChI=1S/C19H26N2O2/c1-5-17(20-10-8-13(2)3)19(22)15-9-11-21-18-7-6-14(23-4)12-16(15)18/h6-8,10,12,17,19-20,22H,2,5,9,11H2,1,3-4H3/b10-8+/t17-,19+/m0/s1. The van der Waals surface area contributed by atoms with Gasteiger partial charge in [0, 0.05) is 11.8 Å². The zero-order valence-electron chi connectivity index (χ0n) is 14.2. The Morgan fingerprint density at radius 3 is 2.96 bits per heavy atom. The summed E-state index contributed by atoms with van der Waals surface area (Å²) in [5, 5.41) is 16.1. The van der Waals surface area contributed by atoms with E-state index in [1.54, 1.807) is 7.11 Å². The van der Waals surface area contributed by atoms with Gasteiger partial charge < -0.3 is 15.2 Å². The second kappa shape index (κ2) is 7.97. The van der Waals surface area contributed by atoms with Crippen molar-refractivity contribution in [3.05, 3.63) is 53.2 Å². The molecule has 0 radical (unpaired) electrons. The third-order valence-electron chi connectivity index (χ3n) is 4.07. The first kappa shape index (κ1) is 17.3. The van der Waals surface area contributed by atoms with Crippen molar-refractivity contribution in [3.63, 3.8) is 0 Å². The molecule has 4 nitrogen and oxygen atoms in total. The average Bonchev–Trinajstić information content (AvgIpc) is 2.56. The lowest BCUT2D eigenvalue weighted by molar-refractivity contribution is 0.180. The Morgan fingerprint density at radius 1 is 1.52 bits per heavy atom. The molecule has 2 N–H and O–H groups in total. The van der Waals surface area contributed by atoms with Crippen LogP contribution in [0.15, 0.2) is 47.6 Å². The molecule has 1 aliphatic rings. The number of hydrogen-bond donors (Lipinski definition) is 2. The summed E-state index contributed by atoms with van der Waals surface area (Å²) in [4.78, 5) is 4.54. The normalized spacial score (nSPS) is 16.4. The fourth-order valence-electron chi connectivity index (χ4n) is 2.76. The van der Waals surface area contributed by atoms with E-state index in [9.17, 15) is 5.11 Å². The Balaban J connectivity index is 2.36. The summed E-state index contributed by atoms with van der Waals surface area (Å²) in [5.74, 6) is 0.786. The van der Waals surface area contributed by atoms with E-state index in [0.29, 0.717) is 6.54 Å². The van der Waals surface area contributed by atoms with E-state index < -0.39 is 6.10 Å². The van der Waals surface area contributed by atoms with Crippen LogP contribution in [0.25, 0.3) is 5.57 Å². The van der Waals surface area contributed by atoms with Crippen LogP contribution in [0.5, 0.6) is 5.75 Å². The predicted octanol–water partition coefficient (Wildman–Crippen LogP) is 1.69. The summed E-state index contributed by atoms with van der Waals surface area (Å²) in [5.41, 5.74) is 2.00. The van der Waals surface area contributed by atoms with Crippen LogP contribution in [0.3, 0.4) is 0 Å². The maximum atomic E-state index is 10.9. The van der Waals surface area contributed by atoms with Crippen molar-refractivity contribution in [3.8, 4) is 5.75 Å². The summed E-state index contributed by atoms with van der Waals surface area (Å²) in [6, 6.07) is 5.78. The highest BCUT2D eigenvalue weighted by Gasteiger charge is 2.22. The molecule has 0 aromatic heterocycles. The minimum Gasteiger partial charge on any atom is -0.497 e. The van der Waals surface area contributed by atoms with Gasteiger partial charge in [-0.15, -0.1) is 0 Å². The Hall–Kier alpha value is -2.07. The van der Waals surface area contributed by atoms with E-state index in [1.807, 2.05) is 37.4 Å². The molecule has 1 aromatic carbocycles. The number of ether oxygens (including phenoxy) is 1. The van der Waals surface area contributed by atoms with Crippen LogP contribution in [0.2, 0.25) is 0 Å². The lowest BCUT2D eigenvalue weighted by Crippen LogP contribution is -2.43. The number of hydrogen-bond acceptors (Lipinski definition) is 4. The molecule has 0 saturated carbocycles. The Labute approximate surface area is 137 Å². The van der Waals surface area contributed by atoms with Gasteiger partial charge in [-0.3, -0.25) is 4.99 Å². The second-order valence-corrected chi connectivity index (χ2v) is 5.85. The van der Waals surface area contributed by atoms with Crippen LogP contribution in [-0.4, -0.2) is 30.9 Å². The largest absolute Gasteiger partial charge is 0.497 e. The van der Waals surface area contributed by atoms with Crippen molar-refractivity contribution in [1.29, 1.82) is 0 Å². The zero-order chi connectivity index (χ0) is 16.8. The van der Waals surface area contributed by atoms with E-state index in [0.717, 1.165) is 40.3 Å². The molecule has 2 rings (SSSR count). The topological polar surface area (TPSA) is 53.8 Å². The van der Waals surface area contributed by atoms with Gasteiger partial charge in [-0.25, -0.2) is 0 Å². The van der Waals surface area contributed by atoms with Crippen LogP contribution in [0.1, 0.15) is 26.7 Å². The highest BCUT2D eigenvalue weighted by atomic mass is 16.5. The van der Waals surface area contributed by atoms with Crippen molar-refractivity contribution in [2.75, 3.05) is 13.7 Å². The molecule has 4 heteroatoms. The average molecular weight is 314 g/mol. The summed E-state index contributed by atoms with van der Waals surface area (Å²) >= 11 is 0. The zero-order valence-corrected chi connectivity index (χ0v) is 14.2. The number of fused-ring (bicyclic) bond motifs is 1. The van der Waals surface area contributed by atoms with Gasteiger partial charge in [0.05, 0.1) is 24.6 Å². The van der Waals surface area contributed by atoms with Crippen molar-refractivity contribution in [2.24, 2.45) is 4.99 Å². The minimum absolute atomic E-state index is 0.0437. The summed E-state index contributed by atoms with van der Waals surface area (Å²) in [6.07, 6.45) is 4.80. The quantitative estimate of drug-likeness (QED) is 0.753. The number of methoxy groups -OCH3 is 1. The molecule has 124 valence electrons. The molecular weight excluding hydrogens is 288 g/mol. The third-order valence-corrected chi connectivity index (χ3v) is 4.07. The van der Waals surface area contributed by atoms with Crippen LogP contribution in [0, 0.1) is 0 Å². The number of rotatable bonds is 7. The first-order valence-corrected chi connectivity index (χ1v) is 8.04. The van der Waals surface area contributed by atoms with Crippen molar-refractivity contribution < 1.29 is 9.84 Å². The Morgan fingerprint density at radius 2 is 2.30 bits per heavy atom. The van der Waals surface area contributed by atoms with Gasteiger partial charge >= 0.3 is 0 Å². The van der Waals surface area contributed by atoms with Crippen molar-refractivity contribution >= 4 is 5.57 Å². The van der Waals surface area contributed by atoms with Crippen LogP contribution in [-0.2, 0) is 0 Å². The maximum Gasteiger partial charge on any atom is 0.119 e. The Bertz CT molecular complexity index is 707. The number of allylic oxidation sites excluding steroid dienone is 2. The molecule has 23 heavy (non-hydrogen) atoms. The van der Waals surface area contributed by atoms with Gasteiger partial charge in [-0.1, -0.05) is 19.1 Å². The molecule has 0 aliphatic carbocycles. The summed E-state index contributed by atoms with van der Waals surface area (Å²) in [7, 11) is 1.65. The van der Waals surface area contributed by atoms with E-state index in [4.69, 9.17) is 4.74 Å². The third kappa shape index (κ3) is 4.23. The van der Waals surface area contributed by atoms with Crippen LogP contribution in [0.4, 0.5) is 0 Å². The molecular formula is C19H26N2O2. The molecule has 1 aliphatic heterocycles. The fourth-order valence-corrected chi connectivity index (χ4v) is 2.76. The van der Waals surface area contributed by atoms with E-state index in [1.165, 1.54) is 0 Å². The molecule has 1 heterocycles. The number of nitrogens with zero attached hydrogens (tertiary/aromatic N) is 1. The van der Waals surface area contributed by atoms with E-state index >= 15 is 0 Å². The number of aliphatic hydroxyl groups excluding tert-OH is 1. The van der Waals surface area contributed by atoms with Crippen molar-refractivity contribution in [1.82, 2.24) is 5.32 Å². The van der Waals surface area contributed by atoms with Gasteiger partial charge in [-0.05, 0) is 55.8 Å². The monoisotopic (exact) mass is 314 g/mol. The van der Waals surface area contributed by atoms with E-state index in [-0.39, 0.29) is 6.04 Å². The number of benzene rings is 1. The number of aliphatic hydroxyl groups is 1. The molecule has 0 bridgehead atoms.